The molecule has 1 aromatic carbocycles. The minimum absolute atomic E-state index is 0.0564. The first-order valence-electron chi connectivity index (χ1n) is 5.32. The third kappa shape index (κ3) is 3.03. The molecule has 1 aromatic heterocycles. The van der Waals surface area contributed by atoms with Crippen LogP contribution in [-0.2, 0) is 6.42 Å². The maximum atomic E-state index is 12.6. The number of carbonyl (C=O) groups excluding carboxylic acids is 1. The van der Waals surface area contributed by atoms with Crippen molar-refractivity contribution in [2.45, 2.75) is 6.42 Å². The third-order valence-corrected chi connectivity index (χ3v) is 2.33. The van der Waals surface area contributed by atoms with Crippen LogP contribution in [0.4, 0.5) is 4.39 Å². The molecule has 0 saturated carbocycles. The van der Waals surface area contributed by atoms with Crippen molar-refractivity contribution in [3.05, 3.63) is 52.0 Å². The van der Waals surface area contributed by atoms with Crippen molar-refractivity contribution in [2.24, 2.45) is 0 Å². The van der Waals surface area contributed by atoms with E-state index in [2.05, 4.69) is 20.5 Å². The zero-order valence-corrected chi connectivity index (χ0v) is 9.37. The lowest BCUT2D eigenvalue weighted by Gasteiger charge is -2.03. The molecule has 0 aliphatic rings. The van der Waals surface area contributed by atoms with Crippen LogP contribution in [0.15, 0.2) is 29.1 Å². The fourth-order valence-electron chi connectivity index (χ4n) is 1.43. The Bertz CT molecular complexity index is 588. The van der Waals surface area contributed by atoms with Gasteiger partial charge in [0.05, 0.1) is 0 Å². The van der Waals surface area contributed by atoms with Crippen LogP contribution >= 0.6 is 0 Å². The summed E-state index contributed by atoms with van der Waals surface area (Å²) in [5, 5.41) is 8.19. The zero-order valence-electron chi connectivity index (χ0n) is 9.37. The van der Waals surface area contributed by atoms with Crippen molar-refractivity contribution in [3.63, 3.8) is 0 Å². The standard InChI is InChI=1S/C11H11FN4O2/c12-8-3-1-7(2-4-8)5-6-13-10(17)9-14-11(18)16-15-9/h1-4H,5-6H2,(H,13,17)(H2,14,15,16,18). The summed E-state index contributed by atoms with van der Waals surface area (Å²) in [5.74, 6) is -0.813. The van der Waals surface area contributed by atoms with Crippen molar-refractivity contribution < 1.29 is 9.18 Å². The second-order valence-electron chi connectivity index (χ2n) is 3.66. The number of carbonyl (C=O) groups is 1. The Morgan fingerprint density at radius 2 is 2.06 bits per heavy atom. The maximum Gasteiger partial charge on any atom is 0.341 e. The van der Waals surface area contributed by atoms with Gasteiger partial charge < -0.3 is 5.32 Å². The number of nitrogens with zero attached hydrogens (tertiary/aromatic N) is 1. The summed E-state index contributed by atoms with van der Waals surface area (Å²) >= 11 is 0. The molecule has 0 radical (unpaired) electrons. The number of nitrogens with one attached hydrogen (secondary N) is 3. The van der Waals surface area contributed by atoms with Gasteiger partial charge in [0.2, 0.25) is 5.82 Å². The Morgan fingerprint density at radius 3 is 2.67 bits per heavy atom. The quantitative estimate of drug-likeness (QED) is 0.724. The first kappa shape index (κ1) is 12.0. The van der Waals surface area contributed by atoms with E-state index in [0.29, 0.717) is 13.0 Å². The lowest BCUT2D eigenvalue weighted by molar-refractivity contribution is 0.0944. The van der Waals surface area contributed by atoms with Crippen molar-refractivity contribution in [1.82, 2.24) is 20.5 Å². The van der Waals surface area contributed by atoms with E-state index in [-0.39, 0.29) is 11.6 Å². The summed E-state index contributed by atoms with van der Waals surface area (Å²) < 4.78 is 12.6. The molecule has 0 aliphatic carbocycles. The Labute approximate surface area is 101 Å². The SMILES string of the molecule is O=C(NCCc1ccc(F)cc1)c1n[nH]c(=O)[nH]1. The van der Waals surface area contributed by atoms with Crippen LogP contribution in [-0.4, -0.2) is 27.6 Å². The third-order valence-electron chi connectivity index (χ3n) is 2.33. The number of H-pyrrole nitrogens is 2. The number of halogens is 1. The predicted molar refractivity (Wildman–Crippen MR) is 61.6 cm³/mol. The molecule has 0 fully saturated rings. The highest BCUT2D eigenvalue weighted by Gasteiger charge is 2.08. The Morgan fingerprint density at radius 1 is 1.33 bits per heavy atom. The van der Waals surface area contributed by atoms with Gasteiger partial charge in [0.15, 0.2) is 0 Å². The van der Waals surface area contributed by atoms with Gasteiger partial charge in [0, 0.05) is 6.54 Å². The van der Waals surface area contributed by atoms with Crippen LogP contribution in [0.1, 0.15) is 16.2 Å². The normalized spacial score (nSPS) is 10.3. The number of hydrogen-bond acceptors (Lipinski definition) is 3. The second kappa shape index (κ2) is 5.26. The largest absolute Gasteiger partial charge is 0.349 e. The van der Waals surface area contributed by atoms with Crippen molar-refractivity contribution >= 4 is 5.91 Å². The Balaban J connectivity index is 1.83. The van der Waals surface area contributed by atoms with Gasteiger partial charge in [0.25, 0.3) is 5.91 Å². The molecule has 0 unspecified atom stereocenters. The van der Waals surface area contributed by atoms with E-state index in [1.807, 2.05) is 0 Å². The van der Waals surface area contributed by atoms with Crippen molar-refractivity contribution in [2.75, 3.05) is 6.54 Å². The second-order valence-corrected chi connectivity index (χ2v) is 3.66. The number of benzene rings is 1. The molecule has 18 heavy (non-hydrogen) atoms. The van der Waals surface area contributed by atoms with E-state index in [1.54, 1.807) is 12.1 Å². The summed E-state index contributed by atoms with van der Waals surface area (Å²) in [6.45, 7) is 0.374. The van der Waals surface area contributed by atoms with Crippen LogP contribution in [0.2, 0.25) is 0 Å². The monoisotopic (exact) mass is 250 g/mol. The summed E-state index contributed by atoms with van der Waals surface area (Å²) in [6, 6.07) is 6.03. The molecule has 1 amide bonds. The molecule has 7 heteroatoms. The molecule has 6 nitrogen and oxygen atoms in total. The van der Waals surface area contributed by atoms with E-state index < -0.39 is 11.6 Å². The fourth-order valence-corrected chi connectivity index (χ4v) is 1.43. The molecule has 3 N–H and O–H groups in total. The lowest BCUT2D eigenvalue weighted by Crippen LogP contribution is -2.27. The lowest BCUT2D eigenvalue weighted by atomic mass is 10.1. The highest BCUT2D eigenvalue weighted by atomic mass is 19.1. The average molecular weight is 250 g/mol. The molecule has 2 rings (SSSR count). The van der Waals surface area contributed by atoms with Crippen LogP contribution < -0.4 is 11.0 Å². The predicted octanol–water partition coefficient (Wildman–Crippen LogP) is 0.210. The molecule has 1 heterocycles. The van der Waals surface area contributed by atoms with Crippen molar-refractivity contribution in [3.8, 4) is 0 Å². The molecule has 0 saturated heterocycles. The van der Waals surface area contributed by atoms with Gasteiger partial charge in [0.1, 0.15) is 5.82 Å². The van der Waals surface area contributed by atoms with E-state index in [1.165, 1.54) is 12.1 Å². The van der Waals surface area contributed by atoms with Gasteiger partial charge in [-0.25, -0.2) is 14.3 Å². The zero-order chi connectivity index (χ0) is 13.0. The first-order valence-corrected chi connectivity index (χ1v) is 5.32. The van der Waals surface area contributed by atoms with Gasteiger partial charge in [-0.3, -0.25) is 9.78 Å². The highest BCUT2D eigenvalue weighted by molar-refractivity contribution is 5.90. The number of aromatic amines is 2. The number of amides is 1. The Hall–Kier alpha value is -2.44. The van der Waals surface area contributed by atoms with E-state index in [0.717, 1.165) is 5.56 Å². The van der Waals surface area contributed by atoms with Crippen LogP contribution in [0.3, 0.4) is 0 Å². The smallest absolute Gasteiger partial charge is 0.341 e. The van der Waals surface area contributed by atoms with Gasteiger partial charge in [-0.2, -0.15) is 0 Å². The summed E-state index contributed by atoms with van der Waals surface area (Å²) in [7, 11) is 0. The van der Waals surface area contributed by atoms with Crippen LogP contribution in [0.25, 0.3) is 0 Å². The van der Waals surface area contributed by atoms with Gasteiger partial charge in [-0.05, 0) is 24.1 Å². The summed E-state index contributed by atoms with van der Waals surface area (Å²) in [4.78, 5) is 24.5. The maximum absolute atomic E-state index is 12.6. The number of aromatic nitrogens is 3. The van der Waals surface area contributed by atoms with Gasteiger partial charge in [-0.1, -0.05) is 12.1 Å². The van der Waals surface area contributed by atoms with Gasteiger partial charge >= 0.3 is 5.69 Å². The number of rotatable bonds is 4. The molecular weight excluding hydrogens is 239 g/mol. The minimum Gasteiger partial charge on any atom is -0.349 e. The van der Waals surface area contributed by atoms with E-state index in [4.69, 9.17) is 0 Å². The summed E-state index contributed by atoms with van der Waals surface area (Å²) in [6.07, 6.45) is 0.570. The van der Waals surface area contributed by atoms with Gasteiger partial charge in [-0.15, -0.1) is 5.10 Å². The summed E-state index contributed by atoms with van der Waals surface area (Å²) in [5.41, 5.74) is 0.380. The first-order chi connectivity index (χ1) is 8.65. The van der Waals surface area contributed by atoms with Crippen molar-refractivity contribution in [1.29, 1.82) is 0 Å². The molecule has 0 aliphatic heterocycles. The van der Waals surface area contributed by atoms with E-state index >= 15 is 0 Å². The molecule has 2 aromatic rings. The average Bonchev–Trinajstić information content (AvgIpc) is 2.78. The Kier molecular flexibility index (Phi) is 3.52. The highest BCUT2D eigenvalue weighted by Crippen LogP contribution is 2.02. The molecule has 94 valence electrons. The van der Waals surface area contributed by atoms with Crippen LogP contribution in [0, 0.1) is 5.82 Å². The fraction of sp³-hybridized carbons (Fsp3) is 0.182. The van der Waals surface area contributed by atoms with Crippen LogP contribution in [0.5, 0.6) is 0 Å². The number of hydrogen-bond donors (Lipinski definition) is 3. The molecule has 0 spiro atoms. The molecule has 0 bridgehead atoms. The topological polar surface area (TPSA) is 90.6 Å². The molecule has 0 atom stereocenters. The minimum atomic E-state index is -0.529. The van der Waals surface area contributed by atoms with E-state index in [9.17, 15) is 14.0 Å². The molecular formula is C11H11FN4O2.